The molecule has 0 bridgehead atoms. The van der Waals surface area contributed by atoms with Gasteiger partial charge in [-0.3, -0.25) is 4.90 Å². The Bertz CT molecular complexity index is 605. The molecular weight excluding hydrogens is 290 g/mol. The first kappa shape index (κ1) is 15.6. The Kier molecular flexibility index (Phi) is 4.56. The number of hydrogen-bond acceptors (Lipinski definition) is 1. The first-order valence-corrected chi connectivity index (χ1v) is 8.50. The summed E-state index contributed by atoms with van der Waals surface area (Å²) >= 11 is 6.07. The van der Waals surface area contributed by atoms with Gasteiger partial charge in [-0.1, -0.05) is 67.9 Å². The second-order valence-electron chi connectivity index (χ2n) is 6.76. The summed E-state index contributed by atoms with van der Waals surface area (Å²) < 4.78 is 0. The molecule has 0 saturated carbocycles. The van der Waals surface area contributed by atoms with Crippen molar-refractivity contribution < 1.29 is 0 Å². The molecule has 116 valence electrons. The van der Waals surface area contributed by atoms with Crippen molar-refractivity contribution in [1.82, 2.24) is 4.90 Å². The smallest absolute Gasteiger partial charge is 0.0406 e. The lowest BCUT2D eigenvalue weighted by Crippen LogP contribution is -2.35. The van der Waals surface area contributed by atoms with Gasteiger partial charge in [-0.2, -0.15) is 0 Å². The summed E-state index contributed by atoms with van der Waals surface area (Å²) in [6.07, 6.45) is 1.22. The lowest BCUT2D eigenvalue weighted by molar-refractivity contribution is 0.264. The molecule has 1 fully saturated rings. The molecule has 2 aromatic carbocycles. The largest absolute Gasteiger partial charge is 0.298 e. The molecule has 2 heteroatoms. The van der Waals surface area contributed by atoms with E-state index in [1.54, 1.807) is 0 Å². The second-order valence-corrected chi connectivity index (χ2v) is 7.20. The topological polar surface area (TPSA) is 3.24 Å². The van der Waals surface area contributed by atoms with Gasteiger partial charge in [0.15, 0.2) is 0 Å². The van der Waals surface area contributed by atoms with E-state index in [9.17, 15) is 0 Å². The highest BCUT2D eigenvalue weighted by atomic mass is 35.5. The van der Waals surface area contributed by atoms with E-state index in [2.05, 4.69) is 61.2 Å². The van der Waals surface area contributed by atoms with Gasteiger partial charge in [0.1, 0.15) is 0 Å². The van der Waals surface area contributed by atoms with Crippen LogP contribution in [0.15, 0.2) is 54.6 Å². The van der Waals surface area contributed by atoms with Crippen LogP contribution in [0.4, 0.5) is 0 Å². The van der Waals surface area contributed by atoms with Crippen LogP contribution in [0.1, 0.15) is 31.4 Å². The van der Waals surface area contributed by atoms with Gasteiger partial charge >= 0.3 is 0 Å². The third kappa shape index (κ3) is 3.06. The Morgan fingerprint density at radius 3 is 2.36 bits per heavy atom. The van der Waals surface area contributed by atoms with Crippen LogP contribution in [0.2, 0.25) is 5.02 Å². The van der Waals surface area contributed by atoms with Crippen molar-refractivity contribution >= 4 is 11.6 Å². The monoisotopic (exact) mass is 313 g/mol. The third-order valence-corrected chi connectivity index (χ3v) is 5.41. The van der Waals surface area contributed by atoms with E-state index >= 15 is 0 Å². The maximum Gasteiger partial charge on any atom is 0.0406 e. The molecule has 1 atom stereocenters. The summed E-state index contributed by atoms with van der Waals surface area (Å²) in [4.78, 5) is 2.59. The van der Waals surface area contributed by atoms with Crippen LogP contribution >= 0.6 is 11.6 Å². The van der Waals surface area contributed by atoms with Gasteiger partial charge in [-0.15, -0.1) is 0 Å². The van der Waals surface area contributed by atoms with E-state index in [1.165, 1.54) is 17.5 Å². The van der Waals surface area contributed by atoms with Crippen molar-refractivity contribution in [2.75, 3.05) is 13.1 Å². The lowest BCUT2D eigenvalue weighted by atomic mass is 9.71. The van der Waals surface area contributed by atoms with E-state index in [0.29, 0.717) is 5.92 Å². The molecule has 1 aliphatic heterocycles. The van der Waals surface area contributed by atoms with Gasteiger partial charge in [-0.25, -0.2) is 0 Å². The molecule has 1 unspecified atom stereocenters. The molecule has 1 aliphatic rings. The number of nitrogens with zero attached hydrogens (tertiary/aromatic N) is 1. The average Bonchev–Trinajstić information content (AvgIpc) is 2.94. The van der Waals surface area contributed by atoms with Crippen molar-refractivity contribution in [2.45, 2.75) is 32.2 Å². The number of hydrogen-bond donors (Lipinski definition) is 0. The molecule has 0 amide bonds. The Balaban J connectivity index is 1.80. The molecule has 0 aromatic heterocycles. The zero-order valence-electron chi connectivity index (χ0n) is 13.4. The molecule has 3 rings (SSSR count). The Hall–Kier alpha value is -1.31. The Morgan fingerprint density at radius 1 is 1.05 bits per heavy atom. The summed E-state index contributed by atoms with van der Waals surface area (Å²) in [6.45, 7) is 8.03. The fourth-order valence-electron chi connectivity index (χ4n) is 3.71. The van der Waals surface area contributed by atoms with Crippen LogP contribution in [0.5, 0.6) is 0 Å². The van der Waals surface area contributed by atoms with Crippen LogP contribution in [0.25, 0.3) is 0 Å². The Labute approximate surface area is 138 Å². The molecule has 1 nitrogen and oxygen atoms in total. The first-order chi connectivity index (χ1) is 10.6. The highest BCUT2D eigenvalue weighted by Gasteiger charge is 2.41. The van der Waals surface area contributed by atoms with Gasteiger partial charge in [0.2, 0.25) is 0 Å². The maximum atomic E-state index is 6.07. The van der Waals surface area contributed by atoms with Crippen LogP contribution in [0.3, 0.4) is 0 Å². The molecule has 1 saturated heterocycles. The summed E-state index contributed by atoms with van der Waals surface area (Å²) in [5, 5.41) is 0.821. The van der Waals surface area contributed by atoms with Crippen LogP contribution < -0.4 is 0 Å². The summed E-state index contributed by atoms with van der Waals surface area (Å²) in [5.41, 5.74) is 3.08. The molecule has 2 aromatic rings. The zero-order chi connectivity index (χ0) is 15.6. The summed E-state index contributed by atoms with van der Waals surface area (Å²) in [7, 11) is 0. The fourth-order valence-corrected chi connectivity index (χ4v) is 3.84. The first-order valence-electron chi connectivity index (χ1n) is 8.12. The van der Waals surface area contributed by atoms with Crippen LogP contribution in [-0.2, 0) is 12.0 Å². The van der Waals surface area contributed by atoms with Crippen molar-refractivity contribution in [1.29, 1.82) is 0 Å². The van der Waals surface area contributed by atoms with E-state index in [-0.39, 0.29) is 5.41 Å². The minimum absolute atomic E-state index is 0.249. The SMILES string of the molecule is CC(C)C1(c2ccc(Cl)cc2)CCN(Cc2ccccc2)C1. The molecule has 0 spiro atoms. The van der Waals surface area contributed by atoms with Crippen LogP contribution in [0, 0.1) is 5.92 Å². The fraction of sp³-hybridized carbons (Fsp3) is 0.400. The number of likely N-dealkylation sites (tertiary alicyclic amines) is 1. The van der Waals surface area contributed by atoms with Gasteiger partial charge in [0, 0.05) is 23.5 Å². The molecule has 22 heavy (non-hydrogen) atoms. The van der Waals surface area contributed by atoms with Gasteiger partial charge in [0.05, 0.1) is 0 Å². The van der Waals surface area contributed by atoms with E-state index in [1.807, 2.05) is 12.1 Å². The normalized spacial score (nSPS) is 22.4. The van der Waals surface area contributed by atoms with E-state index < -0.39 is 0 Å². The van der Waals surface area contributed by atoms with Gasteiger partial charge < -0.3 is 0 Å². The van der Waals surface area contributed by atoms with Gasteiger partial charge in [0.25, 0.3) is 0 Å². The predicted molar refractivity (Wildman–Crippen MR) is 94.3 cm³/mol. The summed E-state index contributed by atoms with van der Waals surface area (Å²) in [6, 6.07) is 19.3. The van der Waals surface area contributed by atoms with Crippen molar-refractivity contribution in [3.63, 3.8) is 0 Å². The molecule has 1 heterocycles. The van der Waals surface area contributed by atoms with Gasteiger partial charge in [-0.05, 0) is 42.1 Å². The van der Waals surface area contributed by atoms with Crippen molar-refractivity contribution in [2.24, 2.45) is 5.92 Å². The maximum absolute atomic E-state index is 6.07. The zero-order valence-corrected chi connectivity index (χ0v) is 14.2. The third-order valence-electron chi connectivity index (χ3n) is 5.15. The number of rotatable bonds is 4. The average molecular weight is 314 g/mol. The van der Waals surface area contributed by atoms with E-state index in [0.717, 1.165) is 24.7 Å². The minimum Gasteiger partial charge on any atom is -0.298 e. The molecule has 0 aliphatic carbocycles. The highest BCUT2D eigenvalue weighted by Crippen LogP contribution is 2.41. The predicted octanol–water partition coefficient (Wildman–Crippen LogP) is 5.14. The number of benzene rings is 2. The standard InChI is InChI=1S/C20H24ClN/c1-16(2)20(18-8-10-19(21)11-9-18)12-13-22(15-20)14-17-6-4-3-5-7-17/h3-11,16H,12-15H2,1-2H3. The molecule has 0 radical (unpaired) electrons. The number of halogens is 1. The molecule has 0 N–H and O–H groups in total. The minimum atomic E-state index is 0.249. The highest BCUT2D eigenvalue weighted by molar-refractivity contribution is 6.30. The quantitative estimate of drug-likeness (QED) is 0.755. The Morgan fingerprint density at radius 2 is 1.73 bits per heavy atom. The molecular formula is C20H24ClN. The van der Waals surface area contributed by atoms with Crippen molar-refractivity contribution in [3.05, 3.63) is 70.7 Å². The van der Waals surface area contributed by atoms with Crippen molar-refractivity contribution in [3.8, 4) is 0 Å². The van der Waals surface area contributed by atoms with Crippen LogP contribution in [-0.4, -0.2) is 18.0 Å². The summed E-state index contributed by atoms with van der Waals surface area (Å²) in [5.74, 6) is 0.620. The second kappa shape index (κ2) is 6.44. The van der Waals surface area contributed by atoms with E-state index in [4.69, 9.17) is 11.6 Å². The lowest BCUT2D eigenvalue weighted by Gasteiger charge is -2.34.